The van der Waals surface area contributed by atoms with E-state index in [4.69, 9.17) is 14.2 Å². The number of hydrogen-bond donors (Lipinski definition) is 1. The van der Waals surface area contributed by atoms with Crippen LogP contribution in [0.1, 0.15) is 81.1 Å². The number of benzene rings is 1. The van der Waals surface area contributed by atoms with Gasteiger partial charge >= 0.3 is 0 Å². The average Bonchev–Trinajstić information content (AvgIpc) is 3.72. The van der Waals surface area contributed by atoms with Crippen molar-refractivity contribution in [3.8, 4) is 5.75 Å². The Balaban J connectivity index is 1.43. The predicted octanol–water partition coefficient (Wildman–Crippen LogP) is 4.68. The minimum Gasteiger partial charge on any atom is -0.493 e. The number of ether oxygens (including phenoxy) is 3. The number of carbonyl (C=O) groups excluding carboxylic acids is 2. The molecule has 8 nitrogen and oxygen atoms in total. The second kappa shape index (κ2) is 15.4. The van der Waals surface area contributed by atoms with Crippen LogP contribution in [0.15, 0.2) is 18.2 Å². The Morgan fingerprint density at radius 2 is 1.68 bits per heavy atom. The van der Waals surface area contributed by atoms with Crippen LogP contribution in [0.3, 0.4) is 0 Å². The van der Waals surface area contributed by atoms with Crippen molar-refractivity contribution < 1.29 is 23.8 Å². The van der Waals surface area contributed by atoms with Gasteiger partial charge in [0.1, 0.15) is 11.9 Å². The van der Waals surface area contributed by atoms with E-state index in [1.165, 1.54) is 19.3 Å². The highest BCUT2D eigenvalue weighted by atomic mass is 16.5. The van der Waals surface area contributed by atoms with Gasteiger partial charge in [-0.05, 0) is 81.9 Å². The van der Waals surface area contributed by atoms with Gasteiger partial charge in [0.15, 0.2) is 0 Å². The van der Waals surface area contributed by atoms with Crippen LogP contribution in [0, 0.1) is 24.7 Å². The fraction of sp³-hybridized carbons (Fsp3) is 0.758. The molecule has 1 unspecified atom stereocenters. The van der Waals surface area contributed by atoms with Crippen LogP contribution in [-0.4, -0.2) is 93.4 Å². The minimum absolute atomic E-state index is 0.0271. The molecule has 3 aliphatic rings. The number of rotatable bonds is 15. The van der Waals surface area contributed by atoms with Crippen molar-refractivity contribution in [3.63, 3.8) is 0 Å². The van der Waals surface area contributed by atoms with Crippen LogP contribution >= 0.6 is 0 Å². The molecule has 0 bridgehead atoms. The van der Waals surface area contributed by atoms with Crippen LogP contribution in [0.25, 0.3) is 0 Å². The topological polar surface area (TPSA) is 80.3 Å². The lowest BCUT2D eigenvalue weighted by molar-refractivity contribution is -0.147. The van der Waals surface area contributed by atoms with Crippen molar-refractivity contribution in [3.05, 3.63) is 29.3 Å². The van der Waals surface area contributed by atoms with Crippen molar-refractivity contribution in [2.45, 2.75) is 90.3 Å². The second-order valence-corrected chi connectivity index (χ2v) is 12.7. The van der Waals surface area contributed by atoms with Crippen LogP contribution < -0.4 is 10.1 Å². The van der Waals surface area contributed by atoms with E-state index in [0.29, 0.717) is 43.2 Å². The van der Waals surface area contributed by atoms with E-state index in [1.54, 1.807) is 14.2 Å². The van der Waals surface area contributed by atoms with E-state index < -0.39 is 0 Å². The highest BCUT2D eigenvalue weighted by Crippen LogP contribution is 2.34. The monoisotopic (exact) mass is 571 g/mol. The third-order valence-electron chi connectivity index (χ3n) is 9.26. The maximum Gasteiger partial charge on any atom is 0.254 e. The molecule has 0 aromatic heterocycles. The molecule has 8 heteroatoms. The molecule has 41 heavy (non-hydrogen) atoms. The quantitative estimate of drug-likeness (QED) is 0.308. The number of nitrogens with zero attached hydrogens (tertiary/aromatic N) is 2. The van der Waals surface area contributed by atoms with Crippen LogP contribution in [0.5, 0.6) is 5.75 Å². The van der Waals surface area contributed by atoms with Gasteiger partial charge in [0, 0.05) is 71.1 Å². The Labute approximate surface area is 247 Å². The molecule has 1 aliphatic heterocycles. The van der Waals surface area contributed by atoms with Gasteiger partial charge in [-0.15, -0.1) is 0 Å². The lowest BCUT2D eigenvalue weighted by atomic mass is 9.84. The van der Waals surface area contributed by atoms with Gasteiger partial charge in [0.05, 0.1) is 6.61 Å². The Hall–Kier alpha value is -2.16. The summed E-state index contributed by atoms with van der Waals surface area (Å²) in [6, 6.07) is 6.15. The van der Waals surface area contributed by atoms with Crippen LogP contribution in [-0.2, 0) is 14.3 Å². The van der Waals surface area contributed by atoms with E-state index in [9.17, 15) is 9.59 Å². The fourth-order valence-electron chi connectivity index (χ4n) is 6.59. The first-order chi connectivity index (χ1) is 19.8. The van der Waals surface area contributed by atoms with E-state index in [0.717, 1.165) is 63.1 Å². The smallest absolute Gasteiger partial charge is 0.254 e. The Morgan fingerprint density at radius 1 is 0.976 bits per heavy atom. The van der Waals surface area contributed by atoms with Crippen molar-refractivity contribution in [2.24, 2.45) is 17.8 Å². The highest BCUT2D eigenvalue weighted by molar-refractivity contribution is 5.95. The van der Waals surface area contributed by atoms with Gasteiger partial charge in [-0.2, -0.15) is 0 Å². The summed E-state index contributed by atoms with van der Waals surface area (Å²) in [5.74, 6) is 1.87. The molecule has 4 rings (SSSR count). The molecule has 3 fully saturated rings. The first kappa shape index (κ1) is 31.8. The SMILES string of the molecule is COCCCOc1cc(C(=O)N(C[C@@H]2CNC[C@H]2CN(C(=O)C(OC)C2CCCCC2)C2CC2)C(C)C)ccc1C. The normalized spacial score (nSPS) is 22.1. The van der Waals surface area contributed by atoms with Gasteiger partial charge in [0.2, 0.25) is 0 Å². The van der Waals surface area contributed by atoms with Gasteiger partial charge in [-0.25, -0.2) is 0 Å². The Kier molecular flexibility index (Phi) is 11.9. The molecule has 0 spiro atoms. The summed E-state index contributed by atoms with van der Waals surface area (Å²) in [5.41, 5.74) is 1.67. The Morgan fingerprint density at radius 3 is 2.32 bits per heavy atom. The summed E-state index contributed by atoms with van der Waals surface area (Å²) in [5, 5.41) is 3.57. The van der Waals surface area contributed by atoms with Crippen molar-refractivity contribution in [2.75, 3.05) is 53.6 Å². The van der Waals surface area contributed by atoms with Crippen LogP contribution in [0.2, 0.25) is 0 Å². The summed E-state index contributed by atoms with van der Waals surface area (Å²) in [6.45, 7) is 10.5. The molecule has 2 aliphatic carbocycles. The molecule has 230 valence electrons. The summed E-state index contributed by atoms with van der Waals surface area (Å²) in [6.07, 6.45) is 8.45. The molecule has 1 saturated heterocycles. The van der Waals surface area contributed by atoms with E-state index in [-0.39, 0.29) is 29.9 Å². The van der Waals surface area contributed by atoms with Gasteiger partial charge in [-0.1, -0.05) is 25.3 Å². The number of nitrogens with one attached hydrogen (secondary N) is 1. The minimum atomic E-state index is -0.329. The van der Waals surface area contributed by atoms with Gasteiger partial charge < -0.3 is 29.3 Å². The van der Waals surface area contributed by atoms with Crippen LogP contribution in [0.4, 0.5) is 0 Å². The maximum atomic E-state index is 13.8. The van der Waals surface area contributed by atoms with Gasteiger partial charge in [-0.3, -0.25) is 9.59 Å². The number of aryl methyl sites for hydroxylation is 1. The molecule has 1 aromatic rings. The molecule has 2 saturated carbocycles. The highest BCUT2D eigenvalue weighted by Gasteiger charge is 2.42. The maximum absolute atomic E-state index is 13.8. The lowest BCUT2D eigenvalue weighted by Gasteiger charge is -2.36. The molecule has 2 amide bonds. The number of methoxy groups -OCH3 is 2. The van der Waals surface area contributed by atoms with Crippen molar-refractivity contribution in [1.82, 2.24) is 15.1 Å². The summed E-state index contributed by atoms with van der Waals surface area (Å²) >= 11 is 0. The largest absolute Gasteiger partial charge is 0.493 e. The predicted molar refractivity (Wildman–Crippen MR) is 161 cm³/mol. The lowest BCUT2D eigenvalue weighted by Crippen LogP contribution is -2.49. The molecule has 0 radical (unpaired) electrons. The standard InChI is InChI=1S/C33H53N3O5/c1-23(2)35(32(37)26-13-12-24(3)30(18-26)41-17-9-16-39-4)21-27-19-34-20-28(27)22-36(29-14-15-29)33(38)31(40-5)25-10-7-6-8-11-25/h12-13,18,23,25,27-29,31,34H,6-11,14-17,19-22H2,1-5H3/t27-,28-,31?/m0/s1. The second-order valence-electron chi connectivity index (χ2n) is 12.7. The average molecular weight is 572 g/mol. The number of hydrogen-bond acceptors (Lipinski definition) is 6. The fourth-order valence-corrected chi connectivity index (χ4v) is 6.59. The third-order valence-corrected chi connectivity index (χ3v) is 9.26. The zero-order valence-corrected chi connectivity index (χ0v) is 26.0. The number of amides is 2. The first-order valence-corrected chi connectivity index (χ1v) is 15.9. The molecule has 1 aromatic carbocycles. The van der Waals surface area contributed by atoms with E-state index in [2.05, 4.69) is 24.1 Å². The Bertz CT molecular complexity index is 991. The zero-order chi connectivity index (χ0) is 29.4. The molecule has 1 heterocycles. The summed E-state index contributed by atoms with van der Waals surface area (Å²) < 4.78 is 17.0. The van der Waals surface area contributed by atoms with Crippen molar-refractivity contribution in [1.29, 1.82) is 0 Å². The zero-order valence-electron chi connectivity index (χ0n) is 26.0. The summed E-state index contributed by atoms with van der Waals surface area (Å²) in [7, 11) is 3.39. The first-order valence-electron chi connectivity index (χ1n) is 15.9. The number of carbonyl (C=O) groups is 2. The third kappa shape index (κ3) is 8.45. The van der Waals surface area contributed by atoms with E-state index in [1.807, 2.05) is 30.0 Å². The molecular formula is C33H53N3O5. The van der Waals surface area contributed by atoms with Crippen molar-refractivity contribution >= 4 is 11.8 Å². The van der Waals surface area contributed by atoms with Gasteiger partial charge in [0.25, 0.3) is 11.8 Å². The molecule has 1 N–H and O–H groups in total. The molecular weight excluding hydrogens is 518 g/mol. The summed E-state index contributed by atoms with van der Waals surface area (Å²) in [4.78, 5) is 31.8. The van der Waals surface area contributed by atoms with E-state index >= 15 is 0 Å². The molecule has 3 atom stereocenters.